The zero-order chi connectivity index (χ0) is 44.6. The Hall–Kier alpha value is -8.74. The monoisotopic (exact) mass is 856 g/mol. The zero-order valence-corrected chi connectivity index (χ0v) is 36.8. The van der Waals surface area contributed by atoms with Crippen molar-refractivity contribution in [2.24, 2.45) is 0 Å². The number of benzene rings is 6. The van der Waals surface area contributed by atoms with Gasteiger partial charge in [-0.3, -0.25) is 19.9 Å². The number of aromatic nitrogens is 6. The lowest BCUT2D eigenvalue weighted by Gasteiger charge is -2.35. The minimum Gasteiger partial charge on any atom is -0.256 e. The van der Waals surface area contributed by atoms with Gasteiger partial charge in [0.1, 0.15) is 0 Å². The predicted octanol–water partition coefficient (Wildman–Crippen LogP) is 14.3. The molecule has 314 valence electrons. The fourth-order valence-electron chi connectivity index (χ4n) is 10.4. The van der Waals surface area contributed by atoms with Crippen LogP contribution in [0, 0.1) is 13.8 Å². The van der Waals surface area contributed by atoms with Crippen molar-refractivity contribution in [3.05, 3.63) is 240 Å². The summed E-state index contributed by atoms with van der Waals surface area (Å²) in [6.45, 7) is 4.07. The molecule has 6 heteroatoms. The van der Waals surface area contributed by atoms with Crippen molar-refractivity contribution in [2.75, 3.05) is 0 Å². The van der Waals surface area contributed by atoms with Crippen LogP contribution in [-0.2, 0) is 5.41 Å². The Morgan fingerprint density at radius 1 is 0.313 bits per heavy atom. The lowest BCUT2D eigenvalue weighted by Crippen LogP contribution is -2.29. The van der Waals surface area contributed by atoms with E-state index in [-0.39, 0.29) is 0 Å². The first kappa shape index (κ1) is 38.7. The van der Waals surface area contributed by atoms with E-state index in [1.54, 1.807) is 0 Å². The van der Waals surface area contributed by atoms with Crippen LogP contribution in [0.1, 0.15) is 33.6 Å². The topological polar surface area (TPSA) is 77.3 Å². The van der Waals surface area contributed by atoms with Crippen LogP contribution in [0.4, 0.5) is 0 Å². The van der Waals surface area contributed by atoms with Crippen molar-refractivity contribution < 1.29 is 0 Å². The van der Waals surface area contributed by atoms with E-state index < -0.39 is 5.41 Å². The molecule has 0 radical (unpaired) electrons. The van der Waals surface area contributed by atoms with Crippen LogP contribution < -0.4 is 0 Å². The van der Waals surface area contributed by atoms with E-state index in [9.17, 15) is 0 Å². The molecule has 6 heterocycles. The van der Waals surface area contributed by atoms with Crippen LogP contribution in [0.2, 0.25) is 0 Å². The highest BCUT2D eigenvalue weighted by Crippen LogP contribution is 2.58. The van der Waals surface area contributed by atoms with Crippen molar-refractivity contribution in [3.8, 4) is 56.2 Å². The molecular formula is C61H40N6. The van der Waals surface area contributed by atoms with Gasteiger partial charge in [-0.2, -0.15) is 0 Å². The van der Waals surface area contributed by atoms with Gasteiger partial charge >= 0.3 is 0 Å². The maximum atomic E-state index is 5.39. The van der Waals surface area contributed by atoms with Gasteiger partial charge < -0.3 is 0 Å². The summed E-state index contributed by atoms with van der Waals surface area (Å²) in [5, 5.41) is 4.26. The van der Waals surface area contributed by atoms with Crippen molar-refractivity contribution >= 4 is 43.6 Å². The second kappa shape index (κ2) is 15.2. The molecule has 0 fully saturated rings. The maximum absolute atomic E-state index is 5.39. The Morgan fingerprint density at radius 2 is 0.716 bits per heavy atom. The number of aryl methyl sites for hydroxylation is 2. The van der Waals surface area contributed by atoms with Gasteiger partial charge in [0.15, 0.2) is 0 Å². The van der Waals surface area contributed by atoms with Crippen molar-refractivity contribution in [3.63, 3.8) is 0 Å². The van der Waals surface area contributed by atoms with E-state index in [4.69, 9.17) is 29.9 Å². The Kier molecular flexibility index (Phi) is 8.77. The van der Waals surface area contributed by atoms with Gasteiger partial charge in [0.25, 0.3) is 0 Å². The van der Waals surface area contributed by atoms with Gasteiger partial charge in [-0.05, 0) is 120 Å². The molecule has 0 aliphatic heterocycles. The number of rotatable bonds is 6. The van der Waals surface area contributed by atoms with Crippen molar-refractivity contribution in [2.45, 2.75) is 19.3 Å². The summed E-state index contributed by atoms with van der Waals surface area (Å²) in [5.74, 6) is 0. The SMILES string of the molecule is Cc1ccc2ccc3ccc(-c4cccc(C5(c6cccc(-c7ccc8ccc9ccc(C)nc9c8n7)c6)c6cc(-c7ccccn7)ccc6-c6ccc(-c7ccccn7)cc65)c4)nc3c2n1. The minimum absolute atomic E-state index is 0.809. The summed E-state index contributed by atoms with van der Waals surface area (Å²) in [6.07, 6.45) is 3.73. The van der Waals surface area contributed by atoms with Gasteiger partial charge in [-0.1, -0.05) is 121 Å². The van der Waals surface area contributed by atoms with Crippen LogP contribution >= 0.6 is 0 Å². The Morgan fingerprint density at radius 3 is 1.15 bits per heavy atom. The molecule has 0 amide bonds. The average molecular weight is 857 g/mol. The van der Waals surface area contributed by atoms with Crippen molar-refractivity contribution in [1.29, 1.82) is 0 Å². The summed E-state index contributed by atoms with van der Waals surface area (Å²) >= 11 is 0. The van der Waals surface area contributed by atoms with Gasteiger partial charge in [0.05, 0.1) is 50.3 Å². The molecule has 0 N–H and O–H groups in total. The summed E-state index contributed by atoms with van der Waals surface area (Å²) in [4.78, 5) is 30.4. The van der Waals surface area contributed by atoms with Crippen molar-refractivity contribution in [1.82, 2.24) is 29.9 Å². The Balaban J connectivity index is 1.09. The third kappa shape index (κ3) is 6.25. The molecule has 6 nitrogen and oxygen atoms in total. The lowest BCUT2D eigenvalue weighted by molar-refractivity contribution is 0.769. The van der Waals surface area contributed by atoms with Gasteiger partial charge in [-0.25, -0.2) is 9.97 Å². The summed E-state index contributed by atoms with van der Waals surface area (Å²) in [5.41, 5.74) is 19.4. The third-order valence-electron chi connectivity index (χ3n) is 13.6. The van der Waals surface area contributed by atoms with Gasteiger partial charge in [0.2, 0.25) is 0 Å². The standard InChI is InChI=1S/C61H40N6/c1-37-15-17-39-19-21-41-25-29-55(66-59(41)57(39)64-37)43-9-7-11-47(33-43)61(48-12-8-10-44(34-48)56-30-26-42-22-20-40-18-16-38(2)65-58(40)60(42)67-56)51-35-45(53-13-3-5-31-62-53)23-27-49(51)50-28-24-46(36-52(50)61)54-14-4-6-32-63-54/h3-36H,1-2H3. The smallest absolute Gasteiger partial charge is 0.0972 e. The largest absolute Gasteiger partial charge is 0.256 e. The first-order chi connectivity index (χ1) is 33.0. The van der Waals surface area contributed by atoms with Crippen LogP contribution in [0.3, 0.4) is 0 Å². The first-order valence-electron chi connectivity index (χ1n) is 22.7. The van der Waals surface area contributed by atoms with Crippen LogP contribution in [-0.4, -0.2) is 29.9 Å². The van der Waals surface area contributed by atoms with E-state index >= 15 is 0 Å². The zero-order valence-electron chi connectivity index (χ0n) is 36.8. The number of nitrogens with zero attached hydrogens (tertiary/aromatic N) is 6. The molecule has 12 aromatic rings. The molecule has 13 rings (SSSR count). The normalized spacial score (nSPS) is 12.7. The fraction of sp³-hybridized carbons (Fsp3) is 0.0492. The average Bonchev–Trinajstić information content (AvgIpc) is 3.68. The molecule has 0 atom stereocenters. The van der Waals surface area contributed by atoms with E-state index in [0.29, 0.717) is 0 Å². The quantitative estimate of drug-likeness (QED) is 0.155. The number of hydrogen-bond donors (Lipinski definition) is 0. The second-order valence-corrected chi connectivity index (χ2v) is 17.6. The first-order valence-corrected chi connectivity index (χ1v) is 22.7. The van der Waals surface area contributed by atoms with E-state index in [0.717, 1.165) is 111 Å². The van der Waals surface area contributed by atoms with Crippen LogP contribution in [0.25, 0.3) is 99.8 Å². The summed E-state index contributed by atoms with van der Waals surface area (Å²) < 4.78 is 0. The molecule has 6 aromatic heterocycles. The van der Waals surface area contributed by atoms with Crippen LogP contribution in [0.5, 0.6) is 0 Å². The predicted molar refractivity (Wildman–Crippen MR) is 272 cm³/mol. The molecular weight excluding hydrogens is 817 g/mol. The fourth-order valence-corrected chi connectivity index (χ4v) is 10.4. The summed E-state index contributed by atoms with van der Waals surface area (Å²) in [6, 6.07) is 69.4. The molecule has 0 saturated heterocycles. The highest BCUT2D eigenvalue weighted by atomic mass is 14.8. The molecule has 0 spiro atoms. The molecule has 0 saturated carbocycles. The highest BCUT2D eigenvalue weighted by Gasteiger charge is 2.47. The number of hydrogen-bond acceptors (Lipinski definition) is 6. The van der Waals surface area contributed by atoms with E-state index in [1.165, 1.54) is 22.3 Å². The lowest BCUT2D eigenvalue weighted by atomic mass is 9.66. The van der Waals surface area contributed by atoms with E-state index in [1.807, 2.05) is 38.4 Å². The molecule has 1 aliphatic rings. The van der Waals surface area contributed by atoms with Gasteiger partial charge in [-0.15, -0.1) is 0 Å². The summed E-state index contributed by atoms with van der Waals surface area (Å²) in [7, 11) is 0. The van der Waals surface area contributed by atoms with Gasteiger partial charge in [0, 0.05) is 67.6 Å². The maximum Gasteiger partial charge on any atom is 0.0972 e. The van der Waals surface area contributed by atoms with E-state index in [2.05, 4.69) is 182 Å². The Bertz CT molecular complexity index is 3700. The van der Waals surface area contributed by atoms with Crippen LogP contribution in [0.15, 0.2) is 207 Å². The third-order valence-corrected chi connectivity index (χ3v) is 13.6. The Labute approximate surface area is 387 Å². The molecule has 0 bridgehead atoms. The molecule has 0 unspecified atom stereocenters. The molecule has 67 heavy (non-hydrogen) atoms. The second-order valence-electron chi connectivity index (χ2n) is 17.6. The molecule has 6 aromatic carbocycles. The number of fused-ring (bicyclic) bond motifs is 9. The number of pyridine rings is 6. The minimum atomic E-state index is -0.809. The highest BCUT2D eigenvalue weighted by molar-refractivity contribution is 6.04. The molecule has 1 aliphatic carbocycles.